The molecule has 3 rings (SSSR count). The summed E-state index contributed by atoms with van der Waals surface area (Å²) in [6.45, 7) is 6.00. The van der Waals surface area contributed by atoms with Gasteiger partial charge in [0.1, 0.15) is 0 Å². The second-order valence-corrected chi connectivity index (χ2v) is 7.34. The number of nitrogens with zero attached hydrogens (tertiary/aromatic N) is 1. The van der Waals surface area contributed by atoms with E-state index in [4.69, 9.17) is 0 Å². The summed E-state index contributed by atoms with van der Waals surface area (Å²) in [6.07, 6.45) is 2.71. The van der Waals surface area contributed by atoms with E-state index in [-0.39, 0.29) is 0 Å². The molecule has 4 heteroatoms. The van der Waals surface area contributed by atoms with Gasteiger partial charge in [0.2, 0.25) is 0 Å². The minimum atomic E-state index is 0.576. The highest BCUT2D eigenvalue weighted by molar-refractivity contribution is 9.13. The first-order chi connectivity index (χ1) is 8.67. The molecule has 2 heterocycles. The molecule has 98 valence electrons. The molecule has 1 unspecified atom stereocenters. The normalized spacial score (nSPS) is 28.3. The van der Waals surface area contributed by atoms with E-state index >= 15 is 0 Å². The lowest BCUT2D eigenvalue weighted by atomic mass is 9.87. The van der Waals surface area contributed by atoms with E-state index in [9.17, 15) is 0 Å². The van der Waals surface area contributed by atoms with Crippen LogP contribution in [0.5, 0.6) is 0 Å². The summed E-state index contributed by atoms with van der Waals surface area (Å²) in [5.41, 5.74) is 1.97. The number of nitrogens with one attached hydrogen (secondary N) is 1. The average molecular weight is 374 g/mol. The first-order valence-corrected chi connectivity index (χ1v) is 8.13. The van der Waals surface area contributed by atoms with Crippen LogP contribution in [-0.2, 0) is 6.54 Å². The van der Waals surface area contributed by atoms with Crippen LogP contribution in [0.4, 0.5) is 0 Å². The number of benzene rings is 1. The third kappa shape index (κ3) is 2.67. The SMILES string of the molecule is Brc1ccc(CN2CCC3(CCNC3)C2)cc1Br. The fourth-order valence-corrected chi connectivity index (χ4v) is 3.88. The highest BCUT2D eigenvalue weighted by Crippen LogP contribution is 2.36. The van der Waals surface area contributed by atoms with Gasteiger partial charge in [-0.1, -0.05) is 6.07 Å². The number of hydrogen-bond acceptors (Lipinski definition) is 2. The average Bonchev–Trinajstić information content (AvgIpc) is 2.96. The molecule has 2 nitrogen and oxygen atoms in total. The molecule has 1 spiro atoms. The monoisotopic (exact) mass is 372 g/mol. The lowest BCUT2D eigenvalue weighted by Gasteiger charge is -2.23. The van der Waals surface area contributed by atoms with Gasteiger partial charge in [0.05, 0.1) is 0 Å². The van der Waals surface area contributed by atoms with E-state index in [0.29, 0.717) is 5.41 Å². The third-order valence-corrected chi connectivity index (χ3v) is 6.12. The van der Waals surface area contributed by atoms with Crippen LogP contribution in [0.1, 0.15) is 18.4 Å². The molecule has 0 aliphatic carbocycles. The van der Waals surface area contributed by atoms with Crippen molar-refractivity contribution in [3.8, 4) is 0 Å². The van der Waals surface area contributed by atoms with Gasteiger partial charge in [-0.2, -0.15) is 0 Å². The van der Waals surface area contributed by atoms with Crippen LogP contribution in [0.2, 0.25) is 0 Å². The van der Waals surface area contributed by atoms with Gasteiger partial charge in [-0.05, 0) is 80.9 Å². The van der Waals surface area contributed by atoms with Crippen molar-refractivity contribution in [3.63, 3.8) is 0 Å². The van der Waals surface area contributed by atoms with Crippen molar-refractivity contribution in [2.75, 3.05) is 26.2 Å². The minimum absolute atomic E-state index is 0.576. The Labute approximate surface area is 125 Å². The molecule has 1 atom stereocenters. The topological polar surface area (TPSA) is 15.3 Å². The zero-order valence-corrected chi connectivity index (χ0v) is 13.6. The van der Waals surface area contributed by atoms with Gasteiger partial charge in [-0.25, -0.2) is 0 Å². The Kier molecular flexibility index (Phi) is 3.81. The summed E-state index contributed by atoms with van der Waals surface area (Å²) in [6, 6.07) is 6.57. The molecular formula is C14H18Br2N2. The summed E-state index contributed by atoms with van der Waals surface area (Å²) >= 11 is 7.10. The van der Waals surface area contributed by atoms with E-state index in [1.165, 1.54) is 44.6 Å². The van der Waals surface area contributed by atoms with Crippen LogP contribution < -0.4 is 5.32 Å². The summed E-state index contributed by atoms with van der Waals surface area (Å²) < 4.78 is 2.28. The lowest BCUT2D eigenvalue weighted by Crippen LogP contribution is -2.28. The van der Waals surface area contributed by atoms with Gasteiger partial charge in [0, 0.05) is 28.6 Å². The molecule has 0 bridgehead atoms. The lowest BCUT2D eigenvalue weighted by molar-refractivity contribution is 0.268. The van der Waals surface area contributed by atoms with E-state index in [2.05, 4.69) is 60.3 Å². The van der Waals surface area contributed by atoms with Crippen LogP contribution in [0.3, 0.4) is 0 Å². The maximum Gasteiger partial charge on any atom is 0.0320 e. The van der Waals surface area contributed by atoms with Crippen molar-refractivity contribution >= 4 is 31.9 Å². The Bertz CT molecular complexity index is 441. The molecular weight excluding hydrogens is 356 g/mol. The highest BCUT2D eigenvalue weighted by atomic mass is 79.9. The smallest absolute Gasteiger partial charge is 0.0320 e. The van der Waals surface area contributed by atoms with Crippen molar-refractivity contribution in [2.24, 2.45) is 5.41 Å². The van der Waals surface area contributed by atoms with Crippen LogP contribution >= 0.6 is 31.9 Å². The first kappa shape index (κ1) is 13.1. The molecule has 1 aromatic rings. The van der Waals surface area contributed by atoms with E-state index in [1.54, 1.807) is 0 Å². The molecule has 0 saturated carbocycles. The molecule has 1 aromatic carbocycles. The van der Waals surface area contributed by atoms with Gasteiger partial charge in [0.15, 0.2) is 0 Å². The standard InChI is InChI=1S/C14H18Br2N2/c15-12-2-1-11(7-13(12)16)8-18-6-4-14(10-18)3-5-17-9-14/h1-2,7,17H,3-6,8-10H2. The summed E-state index contributed by atoms with van der Waals surface area (Å²) in [5, 5.41) is 3.52. The molecule has 2 saturated heterocycles. The molecule has 1 N–H and O–H groups in total. The summed E-state index contributed by atoms with van der Waals surface area (Å²) in [7, 11) is 0. The Morgan fingerprint density at radius 3 is 2.83 bits per heavy atom. The Hall–Kier alpha value is 0.1000. The largest absolute Gasteiger partial charge is 0.316 e. The van der Waals surface area contributed by atoms with Crippen LogP contribution in [0.25, 0.3) is 0 Å². The van der Waals surface area contributed by atoms with Crippen LogP contribution in [0, 0.1) is 5.41 Å². The Morgan fingerprint density at radius 1 is 1.22 bits per heavy atom. The Balaban J connectivity index is 1.65. The predicted octanol–water partition coefficient (Wildman–Crippen LogP) is 3.40. The zero-order valence-electron chi connectivity index (χ0n) is 10.4. The van der Waals surface area contributed by atoms with Crippen LogP contribution in [0.15, 0.2) is 27.1 Å². The van der Waals surface area contributed by atoms with E-state index in [1.807, 2.05) is 0 Å². The second-order valence-electron chi connectivity index (χ2n) is 5.64. The maximum atomic E-state index is 3.58. The number of rotatable bonds is 2. The quantitative estimate of drug-likeness (QED) is 0.854. The van der Waals surface area contributed by atoms with Crippen LogP contribution in [-0.4, -0.2) is 31.1 Å². The predicted molar refractivity (Wildman–Crippen MR) is 81.7 cm³/mol. The Morgan fingerprint density at radius 2 is 2.11 bits per heavy atom. The summed E-state index contributed by atoms with van der Waals surface area (Å²) in [4.78, 5) is 2.60. The molecule has 2 aliphatic heterocycles. The highest BCUT2D eigenvalue weighted by Gasteiger charge is 2.39. The number of likely N-dealkylation sites (tertiary alicyclic amines) is 1. The summed E-state index contributed by atoms with van der Waals surface area (Å²) in [5.74, 6) is 0. The fraction of sp³-hybridized carbons (Fsp3) is 0.571. The van der Waals surface area contributed by atoms with Crippen molar-refractivity contribution < 1.29 is 0 Å². The second kappa shape index (κ2) is 5.23. The number of hydrogen-bond donors (Lipinski definition) is 1. The van der Waals surface area contributed by atoms with Gasteiger partial charge < -0.3 is 5.32 Å². The van der Waals surface area contributed by atoms with Gasteiger partial charge in [0.25, 0.3) is 0 Å². The molecule has 2 aliphatic rings. The van der Waals surface area contributed by atoms with Crippen molar-refractivity contribution in [1.29, 1.82) is 0 Å². The number of halogens is 2. The van der Waals surface area contributed by atoms with Gasteiger partial charge in [-0.3, -0.25) is 4.90 Å². The van der Waals surface area contributed by atoms with Crippen molar-refractivity contribution in [3.05, 3.63) is 32.7 Å². The van der Waals surface area contributed by atoms with E-state index < -0.39 is 0 Å². The zero-order chi connectivity index (χ0) is 12.6. The fourth-order valence-electron chi connectivity index (χ4n) is 3.20. The van der Waals surface area contributed by atoms with Gasteiger partial charge >= 0.3 is 0 Å². The molecule has 0 aromatic heterocycles. The third-order valence-electron chi connectivity index (χ3n) is 4.24. The maximum absolute atomic E-state index is 3.58. The minimum Gasteiger partial charge on any atom is -0.316 e. The molecule has 2 fully saturated rings. The van der Waals surface area contributed by atoms with Gasteiger partial charge in [-0.15, -0.1) is 0 Å². The molecule has 0 amide bonds. The van der Waals surface area contributed by atoms with Crippen molar-refractivity contribution in [1.82, 2.24) is 10.2 Å². The molecule has 18 heavy (non-hydrogen) atoms. The first-order valence-electron chi connectivity index (χ1n) is 6.54. The molecule has 0 radical (unpaired) electrons. The van der Waals surface area contributed by atoms with E-state index in [0.717, 1.165) is 15.5 Å². The van der Waals surface area contributed by atoms with Crippen molar-refractivity contribution in [2.45, 2.75) is 19.4 Å².